The number of rotatable bonds is 3. The summed E-state index contributed by atoms with van der Waals surface area (Å²) in [5.41, 5.74) is 6.37. The summed E-state index contributed by atoms with van der Waals surface area (Å²) < 4.78 is 30.3. The standard InChI is InChI=1S/C14H15N3O4S/c1-8-3-2-4-9(5-8)22(19,20)11-7-16-13-10(11)6-12(17-13)21-14(15)18/h2-6,11,16-17H,7H2,1H3,(H2,15,18). The van der Waals surface area contributed by atoms with Crippen LogP contribution in [-0.4, -0.2) is 26.0 Å². The molecule has 1 aliphatic rings. The number of aromatic nitrogens is 1. The second-order valence-electron chi connectivity index (χ2n) is 5.12. The van der Waals surface area contributed by atoms with Crippen LogP contribution in [0.5, 0.6) is 5.88 Å². The summed E-state index contributed by atoms with van der Waals surface area (Å²) in [7, 11) is -3.54. The maximum Gasteiger partial charge on any atom is 0.411 e. The molecule has 0 radical (unpaired) electrons. The molecule has 1 atom stereocenters. The van der Waals surface area contributed by atoms with Crippen molar-refractivity contribution in [2.45, 2.75) is 17.1 Å². The Bertz CT molecular complexity index is 842. The largest absolute Gasteiger partial charge is 0.411 e. The van der Waals surface area contributed by atoms with Gasteiger partial charge in [-0.3, -0.25) is 0 Å². The Morgan fingerprint density at radius 1 is 1.36 bits per heavy atom. The van der Waals surface area contributed by atoms with Crippen molar-refractivity contribution in [3.8, 4) is 5.88 Å². The molecule has 1 aromatic carbocycles. The molecule has 2 aromatic rings. The van der Waals surface area contributed by atoms with Crippen molar-refractivity contribution in [1.82, 2.24) is 4.98 Å². The fourth-order valence-electron chi connectivity index (χ4n) is 2.55. The molecule has 0 aliphatic carbocycles. The summed E-state index contributed by atoms with van der Waals surface area (Å²) in [6, 6.07) is 8.25. The molecule has 1 aromatic heterocycles. The van der Waals surface area contributed by atoms with Crippen LogP contribution >= 0.6 is 0 Å². The van der Waals surface area contributed by atoms with Crippen LogP contribution < -0.4 is 15.8 Å². The Balaban J connectivity index is 1.98. The molecular weight excluding hydrogens is 306 g/mol. The number of carbonyl (C=O) groups is 1. The topological polar surface area (TPSA) is 114 Å². The molecule has 1 unspecified atom stereocenters. The summed E-state index contributed by atoms with van der Waals surface area (Å²) in [6.45, 7) is 2.10. The maximum atomic E-state index is 12.8. The van der Waals surface area contributed by atoms with Crippen molar-refractivity contribution in [3.63, 3.8) is 0 Å². The number of hydrogen-bond donors (Lipinski definition) is 3. The van der Waals surface area contributed by atoms with Crippen LogP contribution in [0.1, 0.15) is 16.4 Å². The van der Waals surface area contributed by atoms with Gasteiger partial charge in [-0.2, -0.15) is 0 Å². The first-order valence-electron chi connectivity index (χ1n) is 6.62. The van der Waals surface area contributed by atoms with Gasteiger partial charge >= 0.3 is 6.09 Å². The number of nitrogens with two attached hydrogens (primary N) is 1. The first-order chi connectivity index (χ1) is 10.4. The molecule has 116 valence electrons. The summed E-state index contributed by atoms with van der Waals surface area (Å²) >= 11 is 0. The van der Waals surface area contributed by atoms with E-state index in [0.29, 0.717) is 11.4 Å². The first kappa shape index (κ1) is 14.5. The summed E-state index contributed by atoms with van der Waals surface area (Å²) in [5.74, 6) is 0.645. The number of carbonyl (C=O) groups excluding carboxylic acids is 1. The molecule has 1 amide bonds. The van der Waals surface area contributed by atoms with Gasteiger partial charge in [0.05, 0.1) is 4.90 Å². The van der Waals surface area contributed by atoms with Gasteiger partial charge in [-0.1, -0.05) is 12.1 Å². The van der Waals surface area contributed by atoms with Gasteiger partial charge in [0.1, 0.15) is 11.1 Å². The second-order valence-corrected chi connectivity index (χ2v) is 7.25. The minimum atomic E-state index is -3.54. The van der Waals surface area contributed by atoms with E-state index in [1.54, 1.807) is 18.2 Å². The molecular formula is C14H15N3O4S. The molecule has 2 heterocycles. The van der Waals surface area contributed by atoms with E-state index in [0.717, 1.165) is 5.56 Å². The number of aromatic amines is 1. The highest BCUT2D eigenvalue weighted by molar-refractivity contribution is 7.91. The summed E-state index contributed by atoms with van der Waals surface area (Å²) in [5, 5.41) is 2.22. The number of amides is 1. The fourth-order valence-corrected chi connectivity index (χ4v) is 4.32. The average molecular weight is 321 g/mol. The van der Waals surface area contributed by atoms with Gasteiger partial charge in [-0.15, -0.1) is 0 Å². The predicted octanol–water partition coefficient (Wildman–Crippen LogP) is 1.72. The van der Waals surface area contributed by atoms with Gasteiger partial charge < -0.3 is 20.8 Å². The van der Waals surface area contributed by atoms with E-state index in [2.05, 4.69) is 10.3 Å². The lowest BCUT2D eigenvalue weighted by Crippen LogP contribution is -2.17. The van der Waals surface area contributed by atoms with Gasteiger partial charge in [-0.25, -0.2) is 13.2 Å². The number of hydrogen-bond acceptors (Lipinski definition) is 5. The molecule has 1 aliphatic heterocycles. The minimum absolute atomic E-state index is 0.120. The van der Waals surface area contributed by atoms with Crippen LogP contribution in [0, 0.1) is 6.92 Å². The highest BCUT2D eigenvalue weighted by Crippen LogP contribution is 2.40. The third-order valence-corrected chi connectivity index (χ3v) is 5.62. The van der Waals surface area contributed by atoms with Crippen molar-refractivity contribution >= 4 is 21.7 Å². The average Bonchev–Trinajstić information content (AvgIpc) is 2.97. The van der Waals surface area contributed by atoms with Gasteiger partial charge in [0.2, 0.25) is 5.88 Å². The van der Waals surface area contributed by atoms with Crippen LogP contribution in [-0.2, 0) is 9.84 Å². The smallest absolute Gasteiger partial charge is 0.393 e. The number of H-pyrrole nitrogens is 1. The summed E-state index contributed by atoms with van der Waals surface area (Å²) in [4.78, 5) is 13.8. The van der Waals surface area contributed by atoms with Crippen LogP contribution in [0.25, 0.3) is 0 Å². The van der Waals surface area contributed by atoms with Gasteiger partial charge in [0.15, 0.2) is 9.84 Å². The van der Waals surface area contributed by atoms with E-state index < -0.39 is 21.2 Å². The highest BCUT2D eigenvalue weighted by Gasteiger charge is 2.36. The van der Waals surface area contributed by atoms with Crippen molar-refractivity contribution in [2.75, 3.05) is 11.9 Å². The third-order valence-electron chi connectivity index (χ3n) is 3.54. The molecule has 3 rings (SSSR count). The molecule has 0 spiro atoms. The molecule has 4 N–H and O–H groups in total. The van der Waals surface area contributed by atoms with E-state index in [1.807, 2.05) is 13.0 Å². The van der Waals surface area contributed by atoms with E-state index in [-0.39, 0.29) is 17.3 Å². The Kier molecular flexibility index (Phi) is 3.32. The molecule has 0 saturated heterocycles. The molecule has 0 bridgehead atoms. The normalized spacial score (nSPS) is 16.9. The Morgan fingerprint density at radius 3 is 2.82 bits per heavy atom. The van der Waals surface area contributed by atoms with E-state index in [4.69, 9.17) is 10.5 Å². The fraction of sp³-hybridized carbons (Fsp3) is 0.214. The zero-order valence-electron chi connectivity index (χ0n) is 11.8. The van der Waals surface area contributed by atoms with Crippen LogP contribution in [0.4, 0.5) is 10.6 Å². The molecule has 0 fully saturated rings. The lowest BCUT2D eigenvalue weighted by atomic mass is 10.2. The third kappa shape index (κ3) is 2.41. The Hall–Kier alpha value is -2.48. The lowest BCUT2D eigenvalue weighted by molar-refractivity contribution is 0.209. The Labute approximate surface area is 127 Å². The minimum Gasteiger partial charge on any atom is -0.393 e. The van der Waals surface area contributed by atoms with E-state index >= 15 is 0 Å². The van der Waals surface area contributed by atoms with Crippen molar-refractivity contribution in [2.24, 2.45) is 5.73 Å². The van der Waals surface area contributed by atoms with E-state index in [1.165, 1.54) is 6.07 Å². The summed E-state index contributed by atoms with van der Waals surface area (Å²) in [6.07, 6.45) is -0.960. The van der Waals surface area contributed by atoms with Crippen LogP contribution in [0.15, 0.2) is 35.2 Å². The zero-order chi connectivity index (χ0) is 15.9. The van der Waals surface area contributed by atoms with Gasteiger partial charge in [0, 0.05) is 18.2 Å². The highest BCUT2D eigenvalue weighted by atomic mass is 32.2. The quantitative estimate of drug-likeness (QED) is 0.796. The number of nitrogens with one attached hydrogen (secondary N) is 2. The zero-order valence-corrected chi connectivity index (χ0v) is 12.6. The molecule has 22 heavy (non-hydrogen) atoms. The SMILES string of the molecule is Cc1cccc(S(=O)(=O)C2CNc3[nH]c(OC(N)=O)cc32)c1. The van der Waals surface area contributed by atoms with Gasteiger partial charge in [0.25, 0.3) is 0 Å². The lowest BCUT2D eigenvalue weighted by Gasteiger charge is -2.11. The van der Waals surface area contributed by atoms with E-state index in [9.17, 15) is 13.2 Å². The van der Waals surface area contributed by atoms with Crippen molar-refractivity contribution in [3.05, 3.63) is 41.5 Å². The Morgan fingerprint density at radius 2 is 2.14 bits per heavy atom. The molecule has 0 saturated carbocycles. The van der Waals surface area contributed by atoms with Crippen LogP contribution in [0.3, 0.4) is 0 Å². The number of aryl methyl sites for hydroxylation is 1. The number of sulfone groups is 1. The maximum absolute atomic E-state index is 12.8. The molecule has 8 heteroatoms. The number of benzene rings is 1. The second kappa shape index (κ2) is 5.06. The number of anilines is 1. The number of fused-ring (bicyclic) bond motifs is 1. The first-order valence-corrected chi connectivity index (χ1v) is 8.17. The van der Waals surface area contributed by atoms with Crippen LogP contribution in [0.2, 0.25) is 0 Å². The van der Waals surface area contributed by atoms with Crippen molar-refractivity contribution in [1.29, 1.82) is 0 Å². The monoisotopic (exact) mass is 321 g/mol. The molecule has 7 nitrogen and oxygen atoms in total. The number of primary amides is 1. The van der Waals surface area contributed by atoms with Crippen molar-refractivity contribution < 1.29 is 17.9 Å². The van der Waals surface area contributed by atoms with Gasteiger partial charge in [-0.05, 0) is 24.6 Å². The predicted molar refractivity (Wildman–Crippen MR) is 80.6 cm³/mol. The number of ether oxygens (including phenoxy) is 1.